The lowest BCUT2D eigenvalue weighted by atomic mass is 9.94. The predicted octanol–water partition coefficient (Wildman–Crippen LogP) is 5.42. The highest BCUT2D eigenvalue weighted by Crippen LogP contribution is 2.36. The second kappa shape index (κ2) is 8.52. The number of rotatable bonds is 7. The molecule has 0 N–H and O–H groups in total. The molecule has 0 bridgehead atoms. The maximum Gasteiger partial charge on any atom is 0.222 e. The fourth-order valence-electron chi connectivity index (χ4n) is 3.12. The number of anilines is 1. The van der Waals surface area contributed by atoms with Crippen molar-refractivity contribution in [2.24, 2.45) is 0 Å². The summed E-state index contributed by atoms with van der Waals surface area (Å²) in [5.41, 5.74) is 5.52. The van der Waals surface area contributed by atoms with Gasteiger partial charge in [0.2, 0.25) is 5.88 Å². The summed E-state index contributed by atoms with van der Waals surface area (Å²) in [6.45, 7) is 11.0. The summed E-state index contributed by atoms with van der Waals surface area (Å²) in [6.07, 6.45) is 2.02. The Kier molecular flexibility index (Phi) is 6.63. The lowest BCUT2D eigenvalue weighted by molar-refractivity contribution is 0.397. The van der Waals surface area contributed by atoms with Gasteiger partial charge in [0.15, 0.2) is 0 Å². The van der Waals surface area contributed by atoms with Gasteiger partial charge in [-0.2, -0.15) is 0 Å². The molecule has 0 aliphatic carbocycles. The number of ether oxygens (including phenoxy) is 1. The number of hydrogen-bond donors (Lipinski definition) is 0. The average molecular weight is 356 g/mol. The van der Waals surface area contributed by atoms with Gasteiger partial charge < -0.3 is 9.64 Å². The molecule has 0 radical (unpaired) electrons. The minimum atomic E-state index is 0.363. The van der Waals surface area contributed by atoms with Crippen LogP contribution in [0.5, 0.6) is 5.88 Å². The molecule has 0 spiro atoms. The molecule has 0 unspecified atom stereocenters. The summed E-state index contributed by atoms with van der Waals surface area (Å²) in [5.74, 6) is 2.52. The van der Waals surface area contributed by atoms with Crippen LogP contribution in [0.15, 0.2) is 18.2 Å². The maximum absolute atomic E-state index is 5.62. The first-order valence-electron chi connectivity index (χ1n) is 9.60. The van der Waals surface area contributed by atoms with Gasteiger partial charge in [-0.05, 0) is 54.0 Å². The van der Waals surface area contributed by atoms with Gasteiger partial charge in [0.1, 0.15) is 5.82 Å². The molecular formula is C22H33N3O. The van der Waals surface area contributed by atoms with E-state index in [0.717, 1.165) is 35.6 Å². The average Bonchev–Trinajstić information content (AvgIpc) is 2.65. The molecule has 0 aliphatic rings. The summed E-state index contributed by atoms with van der Waals surface area (Å²) in [7, 11) is 5.80. The van der Waals surface area contributed by atoms with Gasteiger partial charge in [0.25, 0.3) is 0 Å². The highest BCUT2D eigenvalue weighted by atomic mass is 16.5. The fraction of sp³-hybridized carbons (Fsp3) is 0.545. The van der Waals surface area contributed by atoms with E-state index in [0.29, 0.717) is 17.7 Å². The van der Waals surface area contributed by atoms with Crippen LogP contribution in [0, 0.1) is 0 Å². The molecule has 142 valence electrons. The third-order valence-corrected chi connectivity index (χ3v) is 4.98. The van der Waals surface area contributed by atoms with Crippen molar-refractivity contribution in [3.05, 3.63) is 35.0 Å². The summed E-state index contributed by atoms with van der Waals surface area (Å²) in [4.78, 5) is 11.9. The van der Waals surface area contributed by atoms with E-state index in [2.05, 4.69) is 71.8 Å². The largest absolute Gasteiger partial charge is 0.480 e. The molecule has 0 aromatic carbocycles. The van der Waals surface area contributed by atoms with Crippen LogP contribution in [0.25, 0.3) is 11.3 Å². The normalized spacial score (nSPS) is 12.3. The number of nitrogens with zero attached hydrogens (tertiary/aromatic N) is 3. The number of aryl methyl sites for hydroxylation is 1. The molecule has 26 heavy (non-hydrogen) atoms. The maximum atomic E-state index is 5.62. The smallest absolute Gasteiger partial charge is 0.222 e. The van der Waals surface area contributed by atoms with Crippen molar-refractivity contribution in [2.45, 2.75) is 59.3 Å². The number of hydrogen-bond acceptors (Lipinski definition) is 4. The van der Waals surface area contributed by atoms with E-state index >= 15 is 0 Å². The van der Waals surface area contributed by atoms with Gasteiger partial charge in [0.05, 0.1) is 18.4 Å². The number of aromatic nitrogens is 2. The van der Waals surface area contributed by atoms with Crippen molar-refractivity contribution in [2.75, 3.05) is 26.1 Å². The lowest BCUT2D eigenvalue weighted by Gasteiger charge is -2.23. The summed E-state index contributed by atoms with van der Waals surface area (Å²) in [5, 5.41) is 0. The molecular weight excluding hydrogens is 322 g/mol. The van der Waals surface area contributed by atoms with Gasteiger partial charge in [-0.3, -0.25) is 0 Å². The van der Waals surface area contributed by atoms with Crippen LogP contribution in [-0.4, -0.2) is 31.2 Å². The Morgan fingerprint density at radius 2 is 1.77 bits per heavy atom. The Labute approximate surface area is 158 Å². The molecule has 0 fully saturated rings. The molecule has 0 saturated heterocycles. The van der Waals surface area contributed by atoms with Gasteiger partial charge in [-0.25, -0.2) is 9.97 Å². The SMILES string of the molecule is CCc1cc([C@H](C)CC)c(N(C)C)nc1-c1ccc(C(C)C)nc1OC. The molecule has 2 aromatic heterocycles. The summed E-state index contributed by atoms with van der Waals surface area (Å²) < 4.78 is 5.62. The third-order valence-electron chi connectivity index (χ3n) is 4.98. The van der Waals surface area contributed by atoms with E-state index in [-0.39, 0.29) is 0 Å². The zero-order valence-electron chi connectivity index (χ0n) is 17.6. The topological polar surface area (TPSA) is 38.2 Å². The van der Waals surface area contributed by atoms with Crippen LogP contribution in [0.4, 0.5) is 5.82 Å². The summed E-state index contributed by atoms with van der Waals surface area (Å²) in [6, 6.07) is 6.51. The summed E-state index contributed by atoms with van der Waals surface area (Å²) >= 11 is 0. The van der Waals surface area contributed by atoms with Crippen LogP contribution in [0.3, 0.4) is 0 Å². The standard InChI is InChI=1S/C22H33N3O/c1-9-15(5)18-13-16(10-2)20(24-21(18)25(6)7)17-11-12-19(14(3)4)23-22(17)26-8/h11-15H,9-10H2,1-8H3/t15-/m1/s1. The third kappa shape index (κ3) is 4.00. The van der Waals surface area contributed by atoms with Gasteiger partial charge >= 0.3 is 0 Å². The lowest BCUT2D eigenvalue weighted by Crippen LogP contribution is -2.16. The van der Waals surface area contributed by atoms with Crippen LogP contribution in [0.2, 0.25) is 0 Å². The molecule has 2 heterocycles. The van der Waals surface area contributed by atoms with E-state index in [4.69, 9.17) is 14.7 Å². The molecule has 2 aromatic rings. The first-order chi connectivity index (χ1) is 12.3. The van der Waals surface area contributed by atoms with E-state index < -0.39 is 0 Å². The minimum absolute atomic E-state index is 0.363. The highest BCUT2D eigenvalue weighted by molar-refractivity contribution is 5.71. The predicted molar refractivity (Wildman–Crippen MR) is 111 cm³/mol. The molecule has 0 aliphatic heterocycles. The van der Waals surface area contributed by atoms with E-state index in [1.807, 2.05) is 0 Å². The Hall–Kier alpha value is -2.10. The Morgan fingerprint density at radius 3 is 2.27 bits per heavy atom. The van der Waals surface area contributed by atoms with Gasteiger partial charge in [0, 0.05) is 19.8 Å². The van der Waals surface area contributed by atoms with Crippen molar-refractivity contribution < 1.29 is 4.74 Å². The van der Waals surface area contributed by atoms with Crippen LogP contribution in [0.1, 0.15) is 69.7 Å². The molecule has 4 heteroatoms. The van der Waals surface area contributed by atoms with Crippen molar-refractivity contribution in [1.29, 1.82) is 0 Å². The molecule has 2 rings (SSSR count). The van der Waals surface area contributed by atoms with Crippen LogP contribution < -0.4 is 9.64 Å². The quantitative estimate of drug-likeness (QED) is 0.665. The first-order valence-corrected chi connectivity index (χ1v) is 9.60. The van der Waals surface area contributed by atoms with Gasteiger partial charge in [-0.1, -0.05) is 34.6 Å². The first kappa shape index (κ1) is 20.2. The Morgan fingerprint density at radius 1 is 1.08 bits per heavy atom. The zero-order chi connectivity index (χ0) is 19.4. The van der Waals surface area contributed by atoms with E-state index in [1.54, 1.807) is 7.11 Å². The Bertz CT molecular complexity index is 753. The number of pyridine rings is 2. The van der Waals surface area contributed by atoms with Crippen molar-refractivity contribution in [1.82, 2.24) is 9.97 Å². The van der Waals surface area contributed by atoms with E-state index in [9.17, 15) is 0 Å². The van der Waals surface area contributed by atoms with Crippen molar-refractivity contribution in [3.63, 3.8) is 0 Å². The van der Waals surface area contributed by atoms with Crippen molar-refractivity contribution in [3.8, 4) is 17.1 Å². The second-order valence-corrected chi connectivity index (χ2v) is 7.41. The van der Waals surface area contributed by atoms with Gasteiger partial charge in [-0.15, -0.1) is 0 Å². The Balaban J connectivity index is 2.71. The monoisotopic (exact) mass is 355 g/mol. The molecule has 1 atom stereocenters. The van der Waals surface area contributed by atoms with Crippen LogP contribution in [-0.2, 0) is 6.42 Å². The number of methoxy groups -OCH3 is 1. The minimum Gasteiger partial charge on any atom is -0.480 e. The van der Waals surface area contributed by atoms with Crippen molar-refractivity contribution >= 4 is 5.82 Å². The molecule has 4 nitrogen and oxygen atoms in total. The fourth-order valence-corrected chi connectivity index (χ4v) is 3.12. The zero-order valence-corrected chi connectivity index (χ0v) is 17.6. The highest BCUT2D eigenvalue weighted by Gasteiger charge is 2.20. The van der Waals surface area contributed by atoms with E-state index in [1.165, 1.54) is 11.1 Å². The molecule has 0 saturated carbocycles. The molecule has 0 amide bonds. The van der Waals surface area contributed by atoms with Crippen LogP contribution >= 0.6 is 0 Å². The second-order valence-electron chi connectivity index (χ2n) is 7.41.